The van der Waals surface area contributed by atoms with E-state index in [0.717, 1.165) is 47.0 Å². The molecular formula is C25H26N6O2S2. The first kappa shape index (κ1) is 23.4. The fourth-order valence-corrected chi connectivity index (χ4v) is 5.77. The third-order valence-electron chi connectivity index (χ3n) is 5.70. The molecule has 0 unspecified atom stereocenters. The van der Waals surface area contributed by atoms with Crippen molar-refractivity contribution < 1.29 is 8.42 Å². The zero-order valence-corrected chi connectivity index (χ0v) is 21.2. The Kier molecular flexibility index (Phi) is 6.48. The molecule has 1 aliphatic heterocycles. The summed E-state index contributed by atoms with van der Waals surface area (Å²) >= 11 is 1.44. The summed E-state index contributed by atoms with van der Waals surface area (Å²) in [7, 11) is -3.40. The molecule has 0 aliphatic carbocycles. The van der Waals surface area contributed by atoms with Crippen molar-refractivity contribution in [3.8, 4) is 0 Å². The van der Waals surface area contributed by atoms with Crippen LogP contribution in [0, 0.1) is 13.8 Å². The minimum atomic E-state index is -3.40. The van der Waals surface area contributed by atoms with Gasteiger partial charge in [-0.3, -0.25) is 5.10 Å². The van der Waals surface area contributed by atoms with Crippen LogP contribution in [0.5, 0.6) is 0 Å². The average Bonchev–Trinajstić information content (AvgIpc) is 3.18. The number of hydrogen-bond donors (Lipinski definition) is 2. The Bertz CT molecular complexity index is 1430. The molecule has 2 aromatic heterocycles. The predicted molar refractivity (Wildman–Crippen MR) is 138 cm³/mol. The Morgan fingerprint density at radius 1 is 0.971 bits per heavy atom. The van der Waals surface area contributed by atoms with E-state index in [2.05, 4.69) is 25.4 Å². The number of aromatic amines is 1. The Labute approximate surface area is 209 Å². The van der Waals surface area contributed by atoms with Crippen molar-refractivity contribution in [2.45, 2.75) is 41.0 Å². The smallest absolute Gasteiger partial charge is 0.196 e. The number of benzene rings is 2. The fourth-order valence-electron chi connectivity index (χ4n) is 3.65. The summed E-state index contributed by atoms with van der Waals surface area (Å²) in [5.41, 5.74) is 2.73. The lowest BCUT2D eigenvalue weighted by Gasteiger charge is -2.32. The van der Waals surface area contributed by atoms with E-state index in [1.165, 1.54) is 11.8 Å². The van der Waals surface area contributed by atoms with Crippen molar-refractivity contribution in [1.82, 2.24) is 20.2 Å². The van der Waals surface area contributed by atoms with Crippen LogP contribution in [0.4, 0.5) is 17.5 Å². The molecule has 1 aliphatic rings. The molecule has 0 bridgehead atoms. The van der Waals surface area contributed by atoms with Gasteiger partial charge in [0.15, 0.2) is 20.8 Å². The maximum Gasteiger partial charge on any atom is 0.196 e. The molecule has 0 amide bonds. The van der Waals surface area contributed by atoms with Crippen molar-refractivity contribution in [1.29, 1.82) is 0 Å². The molecule has 180 valence electrons. The summed E-state index contributed by atoms with van der Waals surface area (Å²) in [5.74, 6) is 2.21. The second kappa shape index (κ2) is 9.71. The molecule has 0 saturated carbocycles. The second-order valence-corrected chi connectivity index (χ2v) is 11.6. The zero-order valence-electron chi connectivity index (χ0n) is 19.5. The molecule has 2 aromatic carbocycles. The lowest BCUT2D eigenvalue weighted by molar-refractivity contribution is 0.595. The third-order valence-corrected chi connectivity index (χ3v) is 8.28. The molecule has 10 heteroatoms. The average molecular weight is 507 g/mol. The highest BCUT2D eigenvalue weighted by Crippen LogP contribution is 2.31. The van der Waals surface area contributed by atoms with Gasteiger partial charge in [-0.05, 0) is 61.9 Å². The first-order valence-corrected chi connectivity index (χ1v) is 13.8. The Balaban J connectivity index is 1.32. The van der Waals surface area contributed by atoms with Crippen molar-refractivity contribution >= 4 is 39.1 Å². The first-order chi connectivity index (χ1) is 16.8. The zero-order chi connectivity index (χ0) is 24.4. The van der Waals surface area contributed by atoms with Crippen molar-refractivity contribution in [2.75, 3.05) is 23.3 Å². The van der Waals surface area contributed by atoms with Crippen molar-refractivity contribution in [2.24, 2.45) is 0 Å². The van der Waals surface area contributed by atoms with Crippen LogP contribution in [-0.4, -0.2) is 41.7 Å². The van der Waals surface area contributed by atoms with Crippen LogP contribution in [-0.2, 0) is 15.6 Å². The number of aromatic nitrogens is 4. The predicted octanol–water partition coefficient (Wildman–Crippen LogP) is 4.90. The molecule has 3 heterocycles. The molecule has 35 heavy (non-hydrogen) atoms. The maximum absolute atomic E-state index is 12.8. The number of nitrogens with one attached hydrogen (secondary N) is 2. The first-order valence-electron chi connectivity index (χ1n) is 11.3. The van der Waals surface area contributed by atoms with Gasteiger partial charge >= 0.3 is 0 Å². The minimum Gasteiger partial charge on any atom is -0.356 e. The second-order valence-electron chi connectivity index (χ2n) is 8.61. The van der Waals surface area contributed by atoms with E-state index >= 15 is 0 Å². The van der Waals surface area contributed by atoms with Crippen LogP contribution >= 0.6 is 11.8 Å². The van der Waals surface area contributed by atoms with Crippen LogP contribution in [0.2, 0.25) is 0 Å². The summed E-state index contributed by atoms with van der Waals surface area (Å²) in [4.78, 5) is 12.9. The van der Waals surface area contributed by atoms with Crippen LogP contribution in [0.15, 0.2) is 75.6 Å². The maximum atomic E-state index is 12.8. The summed E-state index contributed by atoms with van der Waals surface area (Å²) in [6.07, 6.45) is 1.15. The number of nitrogens with zero attached hydrogens (tertiary/aromatic N) is 4. The summed E-state index contributed by atoms with van der Waals surface area (Å²) in [6, 6.07) is 18.3. The number of aryl methyl sites for hydroxylation is 2. The van der Waals surface area contributed by atoms with Gasteiger partial charge in [0.2, 0.25) is 0 Å². The van der Waals surface area contributed by atoms with Crippen LogP contribution in [0.25, 0.3) is 0 Å². The van der Waals surface area contributed by atoms with Gasteiger partial charge in [-0.15, -0.1) is 0 Å². The number of rotatable bonds is 8. The molecular weight excluding hydrogens is 480 g/mol. The van der Waals surface area contributed by atoms with Crippen molar-refractivity contribution in [3.63, 3.8) is 0 Å². The lowest BCUT2D eigenvalue weighted by atomic mass is 10.2. The number of anilines is 3. The van der Waals surface area contributed by atoms with Gasteiger partial charge in [0.1, 0.15) is 11.6 Å². The highest BCUT2D eigenvalue weighted by atomic mass is 32.2. The highest BCUT2D eigenvalue weighted by molar-refractivity contribution is 7.99. The lowest BCUT2D eigenvalue weighted by Crippen LogP contribution is -2.37. The highest BCUT2D eigenvalue weighted by Gasteiger charge is 2.19. The summed E-state index contributed by atoms with van der Waals surface area (Å²) < 4.78 is 25.5. The van der Waals surface area contributed by atoms with Gasteiger partial charge in [0, 0.05) is 35.8 Å². The van der Waals surface area contributed by atoms with Gasteiger partial charge in [0.25, 0.3) is 0 Å². The van der Waals surface area contributed by atoms with E-state index in [4.69, 9.17) is 4.98 Å². The third kappa shape index (κ3) is 5.66. The van der Waals surface area contributed by atoms with E-state index in [1.807, 2.05) is 62.4 Å². The largest absolute Gasteiger partial charge is 0.356 e. The Morgan fingerprint density at radius 2 is 1.71 bits per heavy atom. The van der Waals surface area contributed by atoms with Gasteiger partial charge in [-0.1, -0.05) is 29.8 Å². The van der Waals surface area contributed by atoms with Crippen molar-refractivity contribution in [3.05, 3.63) is 77.5 Å². The number of H-pyrrole nitrogens is 1. The molecule has 8 nitrogen and oxygen atoms in total. The molecule has 1 saturated heterocycles. The number of sulfone groups is 1. The molecule has 0 spiro atoms. The quantitative estimate of drug-likeness (QED) is 0.325. The molecule has 4 aromatic rings. The van der Waals surface area contributed by atoms with Crippen LogP contribution < -0.4 is 10.2 Å². The fraction of sp³-hybridized carbons (Fsp3) is 0.240. The van der Waals surface area contributed by atoms with Gasteiger partial charge in [-0.25, -0.2) is 18.4 Å². The minimum absolute atomic E-state index is 0.0426. The normalized spacial score (nSPS) is 13.5. The summed E-state index contributed by atoms with van der Waals surface area (Å²) in [5, 5.41) is 11.0. The Hall–Kier alpha value is -3.37. The number of hydrogen-bond acceptors (Lipinski definition) is 8. The molecule has 0 atom stereocenters. The van der Waals surface area contributed by atoms with Crippen LogP contribution in [0.3, 0.4) is 0 Å². The standard InChI is InChI=1S/C25H26N6O2S2/c1-17-4-10-21(11-5-17)35(32,33)16-19-6-8-20(9-7-19)34-25-27-22(26-23-14-18(2)29-30-23)15-24(28-25)31-12-3-13-31/h4-11,14-15H,3,12-13,16H2,1-2H3,(H2,26,27,28,29,30). The summed E-state index contributed by atoms with van der Waals surface area (Å²) in [6.45, 7) is 5.84. The van der Waals surface area contributed by atoms with E-state index in [-0.39, 0.29) is 5.75 Å². The van der Waals surface area contributed by atoms with Gasteiger partial charge in [0.05, 0.1) is 10.6 Å². The van der Waals surface area contributed by atoms with Crippen LogP contribution in [0.1, 0.15) is 23.2 Å². The Morgan fingerprint density at radius 3 is 2.34 bits per heavy atom. The van der Waals surface area contributed by atoms with Gasteiger partial charge < -0.3 is 10.2 Å². The van der Waals surface area contributed by atoms with E-state index < -0.39 is 9.84 Å². The molecule has 5 rings (SSSR count). The molecule has 2 N–H and O–H groups in total. The molecule has 1 fully saturated rings. The molecule has 0 radical (unpaired) electrons. The SMILES string of the molecule is Cc1ccc(S(=O)(=O)Cc2ccc(Sc3nc(Nc4cc(C)[nH]n4)cc(N4CCC4)n3)cc2)cc1. The van der Waals surface area contributed by atoms with E-state index in [0.29, 0.717) is 21.7 Å². The monoisotopic (exact) mass is 506 g/mol. The van der Waals surface area contributed by atoms with E-state index in [1.54, 1.807) is 12.1 Å². The van der Waals surface area contributed by atoms with Gasteiger partial charge in [-0.2, -0.15) is 5.10 Å². The van der Waals surface area contributed by atoms with E-state index in [9.17, 15) is 8.42 Å². The topological polar surface area (TPSA) is 104 Å².